The summed E-state index contributed by atoms with van der Waals surface area (Å²) >= 11 is 5.98. The van der Waals surface area contributed by atoms with Crippen molar-refractivity contribution in [1.29, 1.82) is 0 Å². The van der Waals surface area contributed by atoms with Crippen LogP contribution in [-0.2, 0) is 0 Å². The molecular weight excluding hydrogens is 298 g/mol. The van der Waals surface area contributed by atoms with Crippen LogP contribution in [0.25, 0.3) is 5.69 Å². The van der Waals surface area contributed by atoms with Crippen molar-refractivity contribution in [3.63, 3.8) is 0 Å². The van der Waals surface area contributed by atoms with Crippen molar-refractivity contribution in [1.82, 2.24) is 9.13 Å². The van der Waals surface area contributed by atoms with Crippen LogP contribution in [0.2, 0.25) is 5.15 Å². The van der Waals surface area contributed by atoms with Crippen molar-refractivity contribution in [2.45, 2.75) is 18.9 Å². The molecule has 21 heavy (non-hydrogen) atoms. The Morgan fingerprint density at radius 2 is 1.95 bits per heavy atom. The van der Waals surface area contributed by atoms with Gasteiger partial charge in [0.05, 0.1) is 10.6 Å². The van der Waals surface area contributed by atoms with Crippen LogP contribution >= 0.6 is 11.6 Å². The van der Waals surface area contributed by atoms with E-state index in [1.807, 2.05) is 0 Å². The molecule has 1 saturated carbocycles. The lowest BCUT2D eigenvalue weighted by Gasteiger charge is -2.11. The third-order valence-corrected chi connectivity index (χ3v) is 3.58. The lowest BCUT2D eigenvalue weighted by Crippen LogP contribution is -2.38. The van der Waals surface area contributed by atoms with Crippen LogP contribution in [0.4, 0.5) is 5.69 Å². The molecule has 0 atom stereocenters. The van der Waals surface area contributed by atoms with Crippen LogP contribution in [0.1, 0.15) is 18.9 Å². The standard InChI is InChI=1S/C13H10ClN3O4/c14-11-7-12(18)16(8-4-5-8)13(19)15(11)9-2-1-3-10(6-9)17(20)21/h1-3,6-8H,4-5H2. The van der Waals surface area contributed by atoms with Crippen molar-refractivity contribution in [2.75, 3.05) is 0 Å². The van der Waals surface area contributed by atoms with Gasteiger partial charge >= 0.3 is 5.69 Å². The van der Waals surface area contributed by atoms with Gasteiger partial charge in [-0.1, -0.05) is 17.7 Å². The van der Waals surface area contributed by atoms with E-state index in [0.29, 0.717) is 0 Å². The molecule has 1 aromatic heterocycles. The Balaban J connectivity index is 2.25. The predicted octanol–water partition coefficient (Wildman–Crippen LogP) is 1.90. The summed E-state index contributed by atoms with van der Waals surface area (Å²) in [5, 5.41) is 10.8. The molecule has 7 nitrogen and oxygen atoms in total. The highest BCUT2D eigenvalue weighted by atomic mass is 35.5. The SMILES string of the molecule is O=c1cc(Cl)n(-c2cccc([N+](=O)[O-])c2)c(=O)n1C1CC1. The monoisotopic (exact) mass is 307 g/mol. The number of nitro groups is 1. The molecular formula is C13H10ClN3O4. The molecule has 0 amide bonds. The van der Waals surface area contributed by atoms with Crippen LogP contribution in [0.5, 0.6) is 0 Å². The number of halogens is 1. The number of nitro benzene ring substituents is 1. The maximum absolute atomic E-state index is 12.4. The third-order valence-electron chi connectivity index (χ3n) is 3.30. The smallest absolute Gasteiger partial charge is 0.269 e. The minimum Gasteiger partial charge on any atom is -0.269 e. The lowest BCUT2D eigenvalue weighted by molar-refractivity contribution is -0.384. The molecule has 2 aromatic rings. The largest absolute Gasteiger partial charge is 0.337 e. The molecule has 8 heteroatoms. The summed E-state index contributed by atoms with van der Waals surface area (Å²) in [5.74, 6) is 0. The van der Waals surface area contributed by atoms with Gasteiger partial charge in [-0.3, -0.25) is 24.0 Å². The molecule has 1 aromatic carbocycles. The number of nitrogens with zero attached hydrogens (tertiary/aromatic N) is 3. The van der Waals surface area contributed by atoms with Gasteiger partial charge in [0.25, 0.3) is 11.2 Å². The highest BCUT2D eigenvalue weighted by molar-refractivity contribution is 6.29. The van der Waals surface area contributed by atoms with Crippen LogP contribution in [-0.4, -0.2) is 14.1 Å². The quantitative estimate of drug-likeness (QED) is 0.492. The van der Waals surface area contributed by atoms with Gasteiger partial charge in [0.2, 0.25) is 0 Å². The number of hydrogen-bond donors (Lipinski definition) is 0. The first-order chi connectivity index (χ1) is 9.99. The van der Waals surface area contributed by atoms with Gasteiger partial charge in [0.1, 0.15) is 5.15 Å². The maximum Gasteiger partial charge on any atom is 0.337 e. The summed E-state index contributed by atoms with van der Waals surface area (Å²) in [7, 11) is 0. The average molecular weight is 308 g/mol. The zero-order valence-corrected chi connectivity index (χ0v) is 11.5. The van der Waals surface area contributed by atoms with E-state index in [-0.39, 0.29) is 22.6 Å². The van der Waals surface area contributed by atoms with Gasteiger partial charge < -0.3 is 0 Å². The summed E-state index contributed by atoms with van der Waals surface area (Å²) in [6.45, 7) is 0. The van der Waals surface area contributed by atoms with E-state index in [2.05, 4.69) is 0 Å². The van der Waals surface area contributed by atoms with E-state index in [9.17, 15) is 19.7 Å². The highest BCUT2D eigenvalue weighted by Crippen LogP contribution is 2.32. The van der Waals surface area contributed by atoms with Crippen molar-refractivity contribution in [2.24, 2.45) is 0 Å². The molecule has 0 N–H and O–H groups in total. The topological polar surface area (TPSA) is 87.1 Å². The Bertz CT molecular complexity index is 851. The molecule has 0 spiro atoms. The van der Waals surface area contributed by atoms with E-state index in [1.165, 1.54) is 24.3 Å². The molecule has 1 aliphatic rings. The van der Waals surface area contributed by atoms with E-state index < -0.39 is 16.2 Å². The Kier molecular flexibility index (Phi) is 3.13. The second-order valence-electron chi connectivity index (χ2n) is 4.80. The number of non-ortho nitro benzene ring substituents is 1. The Hall–Kier alpha value is -2.41. The molecule has 108 valence electrons. The first kappa shape index (κ1) is 13.6. The normalized spacial score (nSPS) is 14.1. The second-order valence-corrected chi connectivity index (χ2v) is 5.19. The van der Waals surface area contributed by atoms with E-state index in [0.717, 1.165) is 28.0 Å². The molecule has 0 unspecified atom stereocenters. The van der Waals surface area contributed by atoms with Gasteiger partial charge in [-0.15, -0.1) is 0 Å². The summed E-state index contributed by atoms with van der Waals surface area (Å²) in [6, 6.07) is 6.60. The van der Waals surface area contributed by atoms with Crippen LogP contribution in [0, 0.1) is 10.1 Å². The number of aromatic nitrogens is 2. The summed E-state index contributed by atoms with van der Waals surface area (Å²) < 4.78 is 2.25. The Morgan fingerprint density at radius 3 is 2.57 bits per heavy atom. The van der Waals surface area contributed by atoms with Crippen molar-refractivity contribution >= 4 is 17.3 Å². The van der Waals surface area contributed by atoms with Crippen molar-refractivity contribution in [3.8, 4) is 5.69 Å². The lowest BCUT2D eigenvalue weighted by atomic mass is 10.3. The van der Waals surface area contributed by atoms with Gasteiger partial charge in [-0.25, -0.2) is 4.79 Å². The third kappa shape index (κ3) is 2.36. The summed E-state index contributed by atoms with van der Waals surface area (Å²) in [5.41, 5.74) is -0.919. The fourth-order valence-electron chi connectivity index (χ4n) is 2.18. The zero-order chi connectivity index (χ0) is 15.1. The minimum atomic E-state index is -0.574. The Morgan fingerprint density at radius 1 is 1.24 bits per heavy atom. The van der Waals surface area contributed by atoms with Crippen LogP contribution < -0.4 is 11.2 Å². The van der Waals surface area contributed by atoms with Gasteiger partial charge in [0.15, 0.2) is 0 Å². The fraction of sp³-hybridized carbons (Fsp3) is 0.231. The van der Waals surface area contributed by atoms with Crippen LogP contribution in [0.15, 0.2) is 39.9 Å². The highest BCUT2D eigenvalue weighted by Gasteiger charge is 2.28. The van der Waals surface area contributed by atoms with E-state index >= 15 is 0 Å². The van der Waals surface area contributed by atoms with Gasteiger partial charge in [-0.2, -0.15) is 0 Å². The molecule has 1 aliphatic carbocycles. The summed E-state index contributed by atoms with van der Waals surface area (Å²) in [6.07, 6.45) is 1.54. The van der Waals surface area contributed by atoms with Gasteiger partial charge in [0, 0.05) is 24.2 Å². The van der Waals surface area contributed by atoms with Crippen molar-refractivity contribution < 1.29 is 4.92 Å². The zero-order valence-electron chi connectivity index (χ0n) is 10.7. The molecule has 3 rings (SSSR count). The minimum absolute atomic E-state index is 0.0672. The second kappa shape index (κ2) is 4.85. The maximum atomic E-state index is 12.4. The molecule has 0 saturated heterocycles. The summed E-state index contributed by atoms with van der Waals surface area (Å²) in [4.78, 5) is 34.6. The molecule has 1 fully saturated rings. The van der Waals surface area contributed by atoms with Gasteiger partial charge in [-0.05, 0) is 18.9 Å². The first-order valence-corrected chi connectivity index (χ1v) is 6.66. The average Bonchev–Trinajstić information content (AvgIpc) is 3.23. The van der Waals surface area contributed by atoms with Crippen LogP contribution in [0.3, 0.4) is 0 Å². The Labute approximate surface area is 123 Å². The fourth-order valence-corrected chi connectivity index (χ4v) is 2.44. The molecule has 0 aliphatic heterocycles. The van der Waals surface area contributed by atoms with Crippen molar-refractivity contribution in [3.05, 3.63) is 66.4 Å². The number of hydrogen-bond acceptors (Lipinski definition) is 4. The first-order valence-electron chi connectivity index (χ1n) is 6.28. The van der Waals surface area contributed by atoms with E-state index in [4.69, 9.17) is 11.6 Å². The molecule has 0 radical (unpaired) electrons. The van der Waals surface area contributed by atoms with E-state index in [1.54, 1.807) is 0 Å². The number of rotatable bonds is 3. The predicted molar refractivity (Wildman–Crippen MR) is 76.2 cm³/mol. The molecule has 1 heterocycles. The molecule has 0 bridgehead atoms. The number of benzene rings is 1.